The summed E-state index contributed by atoms with van der Waals surface area (Å²) in [6.45, 7) is 4.07. The summed E-state index contributed by atoms with van der Waals surface area (Å²) in [6.07, 6.45) is 2.17. The molecule has 1 aliphatic heterocycles. The Morgan fingerprint density at radius 2 is 1.73 bits per heavy atom. The lowest BCUT2D eigenvalue weighted by atomic mass is 10.1. The summed E-state index contributed by atoms with van der Waals surface area (Å²) in [5.41, 5.74) is 5.36. The van der Waals surface area contributed by atoms with E-state index in [1.165, 1.54) is 23.7 Å². The maximum Gasteiger partial charge on any atom is 0.258 e. The van der Waals surface area contributed by atoms with Gasteiger partial charge in [0.15, 0.2) is 0 Å². The molecule has 1 N–H and O–H groups in total. The van der Waals surface area contributed by atoms with E-state index in [1.54, 1.807) is 41.4 Å². The molecule has 1 saturated heterocycles. The van der Waals surface area contributed by atoms with Gasteiger partial charge < -0.3 is 15.1 Å². The molecule has 6 rings (SSSR count). The Kier molecular flexibility index (Phi) is 7.39. The van der Waals surface area contributed by atoms with Gasteiger partial charge in [-0.3, -0.25) is 14.6 Å². The van der Waals surface area contributed by atoms with E-state index in [0.717, 1.165) is 27.3 Å². The topological polar surface area (TPSA) is 91.3 Å². The van der Waals surface area contributed by atoms with Crippen LogP contribution in [0.5, 0.6) is 0 Å². The summed E-state index contributed by atoms with van der Waals surface area (Å²) in [6, 6.07) is 21.1. The first kappa shape index (κ1) is 26.5. The second-order valence-electron chi connectivity index (χ2n) is 9.89. The first-order valence-electron chi connectivity index (χ1n) is 13.3. The van der Waals surface area contributed by atoms with E-state index in [-0.39, 0.29) is 17.6 Å². The van der Waals surface area contributed by atoms with E-state index in [9.17, 15) is 14.0 Å². The number of carbonyl (C=O) groups excluding carboxylic acids is 2. The standard InChI is InChI=1S/C31H27FN6O2S/c1-20-29(28(41-36-20)18-24-19-33-26-10-2-3-11-27(26)34-24)30(39)35-23-8-4-6-21(16-23)31(40)38-14-12-37(13-15-38)25-9-5-7-22(32)17-25/h2-11,16-17,19H,12-15,18H2,1H3,(H,35,39). The summed E-state index contributed by atoms with van der Waals surface area (Å²) >= 11 is 1.28. The highest BCUT2D eigenvalue weighted by atomic mass is 32.1. The quantitative estimate of drug-likeness (QED) is 0.298. The monoisotopic (exact) mass is 566 g/mol. The number of nitrogens with one attached hydrogen (secondary N) is 1. The van der Waals surface area contributed by atoms with E-state index < -0.39 is 0 Å². The maximum atomic E-state index is 13.6. The number of hydrogen-bond acceptors (Lipinski definition) is 7. The molecule has 2 amide bonds. The molecule has 5 aromatic rings. The number of para-hydroxylation sites is 2. The van der Waals surface area contributed by atoms with Gasteiger partial charge in [-0.05, 0) is 67.0 Å². The Balaban J connectivity index is 1.13. The Morgan fingerprint density at radius 1 is 0.951 bits per heavy atom. The zero-order valence-corrected chi connectivity index (χ0v) is 23.2. The number of aryl methyl sites for hydroxylation is 1. The fraction of sp³-hybridized carbons (Fsp3) is 0.194. The summed E-state index contributed by atoms with van der Waals surface area (Å²) in [4.78, 5) is 40.5. The molecule has 0 aliphatic carbocycles. The number of aromatic nitrogens is 3. The first-order valence-corrected chi connectivity index (χ1v) is 14.1. The van der Waals surface area contributed by atoms with Crippen LogP contribution in [-0.4, -0.2) is 57.2 Å². The van der Waals surface area contributed by atoms with Crippen LogP contribution >= 0.6 is 11.5 Å². The molecule has 8 nitrogen and oxygen atoms in total. The predicted octanol–water partition coefficient (Wildman–Crippen LogP) is 5.34. The number of anilines is 2. The average Bonchev–Trinajstić information content (AvgIpc) is 3.36. The van der Waals surface area contributed by atoms with E-state index >= 15 is 0 Å². The summed E-state index contributed by atoms with van der Waals surface area (Å²) in [7, 11) is 0. The van der Waals surface area contributed by atoms with Crippen LogP contribution in [0.25, 0.3) is 11.0 Å². The van der Waals surface area contributed by atoms with Gasteiger partial charge in [0.25, 0.3) is 11.8 Å². The first-order chi connectivity index (χ1) is 19.9. The van der Waals surface area contributed by atoms with Crippen LogP contribution in [0.2, 0.25) is 0 Å². The molecule has 1 aliphatic rings. The van der Waals surface area contributed by atoms with Gasteiger partial charge in [0.05, 0.1) is 28.0 Å². The SMILES string of the molecule is Cc1nsc(Cc2cnc3ccccc3n2)c1C(=O)Nc1cccc(C(=O)N2CCN(c3cccc(F)c3)CC2)c1. The normalized spacial score (nSPS) is 13.4. The van der Waals surface area contributed by atoms with Gasteiger partial charge in [0, 0.05) is 60.6 Å². The number of benzene rings is 3. The third-order valence-electron chi connectivity index (χ3n) is 7.11. The smallest absolute Gasteiger partial charge is 0.258 e. The van der Waals surface area contributed by atoms with Crippen molar-refractivity contribution in [3.8, 4) is 0 Å². The lowest BCUT2D eigenvalue weighted by molar-refractivity contribution is 0.0746. The van der Waals surface area contributed by atoms with E-state index in [4.69, 9.17) is 0 Å². The lowest BCUT2D eigenvalue weighted by Crippen LogP contribution is -2.48. The fourth-order valence-corrected chi connectivity index (χ4v) is 5.90. The van der Waals surface area contributed by atoms with Crippen molar-refractivity contribution >= 4 is 45.8 Å². The maximum absolute atomic E-state index is 13.6. The Morgan fingerprint density at radius 3 is 2.54 bits per heavy atom. The number of nitrogens with zero attached hydrogens (tertiary/aromatic N) is 5. The van der Waals surface area contributed by atoms with Crippen LogP contribution in [0, 0.1) is 12.7 Å². The highest BCUT2D eigenvalue weighted by molar-refractivity contribution is 7.06. The molecule has 0 bridgehead atoms. The molecule has 0 atom stereocenters. The number of halogens is 1. The van der Waals surface area contributed by atoms with Crippen molar-refractivity contribution in [1.29, 1.82) is 0 Å². The van der Waals surface area contributed by atoms with E-state index in [2.05, 4.69) is 24.6 Å². The molecular formula is C31H27FN6O2S. The summed E-state index contributed by atoms with van der Waals surface area (Å²) < 4.78 is 18.1. The molecule has 3 aromatic carbocycles. The van der Waals surface area contributed by atoms with Gasteiger partial charge in [0.2, 0.25) is 0 Å². The highest BCUT2D eigenvalue weighted by Gasteiger charge is 2.24. The summed E-state index contributed by atoms with van der Waals surface area (Å²) in [5.74, 6) is -0.667. The Labute approximate surface area is 240 Å². The number of fused-ring (bicyclic) bond motifs is 1. The van der Waals surface area contributed by atoms with E-state index in [0.29, 0.717) is 55.1 Å². The number of rotatable bonds is 6. The van der Waals surface area contributed by atoms with Crippen LogP contribution in [0.4, 0.5) is 15.8 Å². The Hall–Kier alpha value is -4.70. The van der Waals surface area contributed by atoms with Crippen LogP contribution in [-0.2, 0) is 6.42 Å². The number of piperazine rings is 1. The van der Waals surface area contributed by atoms with Gasteiger partial charge in [0.1, 0.15) is 5.82 Å². The molecule has 1 fully saturated rings. The number of amides is 2. The molecule has 0 unspecified atom stereocenters. The van der Waals surface area contributed by atoms with Crippen LogP contribution in [0.1, 0.15) is 37.0 Å². The van der Waals surface area contributed by atoms with Crippen LogP contribution < -0.4 is 10.2 Å². The van der Waals surface area contributed by atoms with Gasteiger partial charge >= 0.3 is 0 Å². The van der Waals surface area contributed by atoms with E-state index in [1.807, 2.05) is 37.3 Å². The largest absolute Gasteiger partial charge is 0.368 e. The zero-order chi connectivity index (χ0) is 28.3. The minimum Gasteiger partial charge on any atom is -0.368 e. The summed E-state index contributed by atoms with van der Waals surface area (Å²) in [5, 5.41) is 2.95. The molecule has 0 spiro atoms. The predicted molar refractivity (Wildman–Crippen MR) is 158 cm³/mol. The average molecular weight is 567 g/mol. The van der Waals surface area contributed by atoms with Crippen molar-refractivity contribution in [2.24, 2.45) is 0 Å². The minimum atomic E-state index is -0.284. The van der Waals surface area contributed by atoms with Crippen molar-refractivity contribution in [2.75, 3.05) is 36.4 Å². The Bertz CT molecular complexity index is 1750. The van der Waals surface area contributed by atoms with Gasteiger partial charge in [-0.25, -0.2) is 9.37 Å². The molecule has 2 aromatic heterocycles. The minimum absolute atomic E-state index is 0.107. The second-order valence-corrected chi connectivity index (χ2v) is 10.7. The van der Waals surface area contributed by atoms with Crippen molar-refractivity contribution in [3.63, 3.8) is 0 Å². The molecular weight excluding hydrogens is 539 g/mol. The molecule has 0 radical (unpaired) electrons. The molecule has 3 heterocycles. The zero-order valence-electron chi connectivity index (χ0n) is 22.4. The third kappa shape index (κ3) is 5.78. The van der Waals surface area contributed by atoms with Crippen molar-refractivity contribution in [2.45, 2.75) is 13.3 Å². The lowest BCUT2D eigenvalue weighted by Gasteiger charge is -2.36. The molecule has 206 valence electrons. The molecule has 10 heteroatoms. The van der Waals surface area contributed by atoms with Crippen LogP contribution in [0.15, 0.2) is 79.0 Å². The third-order valence-corrected chi connectivity index (χ3v) is 8.04. The molecule has 41 heavy (non-hydrogen) atoms. The van der Waals surface area contributed by atoms with Crippen molar-refractivity contribution in [1.82, 2.24) is 19.2 Å². The fourth-order valence-electron chi connectivity index (χ4n) is 5.02. The van der Waals surface area contributed by atoms with Crippen LogP contribution in [0.3, 0.4) is 0 Å². The van der Waals surface area contributed by atoms with Gasteiger partial charge in [-0.1, -0.05) is 24.3 Å². The number of carbonyl (C=O) groups is 2. The highest BCUT2D eigenvalue weighted by Crippen LogP contribution is 2.24. The van der Waals surface area contributed by atoms with Crippen molar-refractivity contribution in [3.05, 3.63) is 112 Å². The van der Waals surface area contributed by atoms with Gasteiger partial charge in [-0.2, -0.15) is 4.37 Å². The van der Waals surface area contributed by atoms with Gasteiger partial charge in [-0.15, -0.1) is 0 Å². The second kappa shape index (κ2) is 11.4. The molecule has 0 saturated carbocycles. The van der Waals surface area contributed by atoms with Crippen molar-refractivity contribution < 1.29 is 14.0 Å². The number of hydrogen-bond donors (Lipinski definition) is 1.